The van der Waals surface area contributed by atoms with Gasteiger partial charge in [0, 0.05) is 37.5 Å². The zero-order chi connectivity index (χ0) is 15.4. The predicted octanol–water partition coefficient (Wildman–Crippen LogP) is 3.68. The first-order valence-electron chi connectivity index (χ1n) is 7.74. The number of hydrogen-bond acceptors (Lipinski definition) is 4. The van der Waals surface area contributed by atoms with E-state index in [-0.39, 0.29) is 11.9 Å². The fraction of sp³-hybridized carbons (Fsp3) is 0.471. The largest absolute Gasteiger partial charge is 0.490 e. The molecule has 1 aromatic carbocycles. The van der Waals surface area contributed by atoms with E-state index < -0.39 is 0 Å². The topological polar surface area (TPSA) is 25.4 Å². The van der Waals surface area contributed by atoms with Gasteiger partial charge < -0.3 is 9.64 Å². The van der Waals surface area contributed by atoms with E-state index in [4.69, 9.17) is 4.74 Å². The fourth-order valence-corrected chi connectivity index (χ4v) is 3.43. The van der Waals surface area contributed by atoms with Crippen molar-refractivity contribution in [1.82, 2.24) is 9.88 Å². The van der Waals surface area contributed by atoms with Crippen molar-refractivity contribution < 1.29 is 9.13 Å². The van der Waals surface area contributed by atoms with Crippen LogP contribution < -0.4 is 4.74 Å². The molecule has 0 unspecified atom stereocenters. The van der Waals surface area contributed by atoms with E-state index in [1.807, 2.05) is 13.0 Å². The number of ether oxygens (including phenoxy) is 1. The van der Waals surface area contributed by atoms with Gasteiger partial charge in [0.2, 0.25) is 0 Å². The molecule has 118 valence electrons. The lowest BCUT2D eigenvalue weighted by molar-refractivity contribution is 0.101. The van der Waals surface area contributed by atoms with Crippen molar-refractivity contribution >= 4 is 11.3 Å². The number of nitrogens with zero attached hydrogens (tertiary/aromatic N) is 2. The lowest BCUT2D eigenvalue weighted by Crippen LogP contribution is -2.39. The van der Waals surface area contributed by atoms with Crippen LogP contribution in [0.5, 0.6) is 5.75 Å². The summed E-state index contributed by atoms with van der Waals surface area (Å²) in [5, 5.41) is 3.28. The molecular formula is C17H21FN2OS. The Morgan fingerprint density at radius 1 is 1.36 bits per heavy atom. The molecule has 0 N–H and O–H groups in total. The van der Waals surface area contributed by atoms with Crippen molar-refractivity contribution in [3.8, 4) is 5.75 Å². The average molecular weight is 320 g/mol. The lowest BCUT2D eigenvalue weighted by Gasteiger charge is -2.32. The van der Waals surface area contributed by atoms with Crippen molar-refractivity contribution in [2.75, 3.05) is 19.6 Å². The molecule has 0 spiro atoms. The minimum Gasteiger partial charge on any atom is -0.490 e. The van der Waals surface area contributed by atoms with Gasteiger partial charge in [-0.1, -0.05) is 6.07 Å². The third-order valence-corrected chi connectivity index (χ3v) is 4.81. The van der Waals surface area contributed by atoms with E-state index in [9.17, 15) is 4.39 Å². The van der Waals surface area contributed by atoms with E-state index in [1.165, 1.54) is 17.8 Å². The highest BCUT2D eigenvalue weighted by atomic mass is 32.1. The molecular weight excluding hydrogens is 299 g/mol. The molecule has 1 fully saturated rings. The highest BCUT2D eigenvalue weighted by Gasteiger charge is 2.20. The molecule has 2 heterocycles. The summed E-state index contributed by atoms with van der Waals surface area (Å²) in [6, 6.07) is 6.41. The lowest BCUT2D eigenvalue weighted by atomic mass is 10.1. The van der Waals surface area contributed by atoms with E-state index in [0.29, 0.717) is 5.75 Å². The number of benzene rings is 1. The molecule has 3 rings (SSSR count). The number of piperidine rings is 1. The molecule has 0 radical (unpaired) electrons. The summed E-state index contributed by atoms with van der Waals surface area (Å²) in [5.74, 6) is 0.393. The molecule has 22 heavy (non-hydrogen) atoms. The molecule has 3 nitrogen and oxygen atoms in total. The van der Waals surface area contributed by atoms with Crippen molar-refractivity contribution in [3.05, 3.63) is 46.2 Å². The Hall–Kier alpha value is -1.46. The predicted molar refractivity (Wildman–Crippen MR) is 87.0 cm³/mol. The van der Waals surface area contributed by atoms with Crippen LogP contribution in [0.4, 0.5) is 4.39 Å². The minimum atomic E-state index is -0.242. The Kier molecular flexibility index (Phi) is 5.05. The molecule has 0 atom stereocenters. The van der Waals surface area contributed by atoms with Crippen LogP contribution in [0.1, 0.15) is 23.5 Å². The number of hydrogen-bond donors (Lipinski definition) is 0. The number of aromatic nitrogens is 1. The quantitative estimate of drug-likeness (QED) is 0.840. The molecule has 0 saturated carbocycles. The zero-order valence-electron chi connectivity index (χ0n) is 12.8. The van der Waals surface area contributed by atoms with E-state index >= 15 is 0 Å². The van der Waals surface area contributed by atoms with Gasteiger partial charge >= 0.3 is 0 Å². The van der Waals surface area contributed by atoms with Crippen molar-refractivity contribution in [1.29, 1.82) is 0 Å². The number of rotatable bonds is 5. The van der Waals surface area contributed by atoms with Gasteiger partial charge in [0.1, 0.15) is 17.7 Å². The minimum absolute atomic E-state index is 0.194. The summed E-state index contributed by atoms with van der Waals surface area (Å²) in [6.07, 6.45) is 3.19. The van der Waals surface area contributed by atoms with Crippen molar-refractivity contribution in [3.63, 3.8) is 0 Å². The van der Waals surface area contributed by atoms with Crippen LogP contribution in [0.2, 0.25) is 0 Å². The van der Waals surface area contributed by atoms with Gasteiger partial charge in [0.05, 0.1) is 10.7 Å². The molecule has 0 bridgehead atoms. The maximum Gasteiger partial charge on any atom is 0.126 e. The molecule has 1 aromatic heterocycles. The Labute approximate surface area is 134 Å². The Morgan fingerprint density at radius 3 is 2.86 bits per heavy atom. The number of likely N-dealkylation sites (tertiary alicyclic amines) is 1. The molecule has 1 saturated heterocycles. The van der Waals surface area contributed by atoms with Crippen molar-refractivity contribution in [2.24, 2.45) is 0 Å². The van der Waals surface area contributed by atoms with Crippen LogP contribution in [0, 0.1) is 12.7 Å². The molecule has 2 aromatic rings. The number of thiazole rings is 1. The molecule has 5 heteroatoms. The second-order valence-corrected chi connectivity index (χ2v) is 6.79. The van der Waals surface area contributed by atoms with Gasteiger partial charge in [-0.25, -0.2) is 9.37 Å². The summed E-state index contributed by atoms with van der Waals surface area (Å²) in [6.45, 7) is 5.16. The van der Waals surface area contributed by atoms with Gasteiger partial charge in [0.15, 0.2) is 0 Å². The van der Waals surface area contributed by atoms with E-state index in [1.54, 1.807) is 17.4 Å². The first-order chi connectivity index (χ1) is 10.7. The molecule has 0 amide bonds. The SMILES string of the molecule is Cc1nc(CCN2CCC(Oc3cccc(F)c3)CC2)cs1. The Bertz CT molecular complexity index is 608. The van der Waals surface area contributed by atoms with Gasteiger partial charge in [-0.2, -0.15) is 0 Å². The number of halogens is 1. The summed E-state index contributed by atoms with van der Waals surface area (Å²) in [5.41, 5.74) is 1.20. The average Bonchev–Trinajstić information content (AvgIpc) is 2.92. The molecule has 0 aliphatic carbocycles. The van der Waals surface area contributed by atoms with Crippen LogP contribution >= 0.6 is 11.3 Å². The summed E-state index contributed by atoms with van der Waals surface area (Å²) >= 11 is 1.71. The third kappa shape index (κ3) is 4.27. The number of aryl methyl sites for hydroxylation is 1. The standard InChI is InChI=1S/C17H21FN2OS/c1-13-19-15(12-22-13)5-8-20-9-6-16(7-10-20)21-17-4-2-3-14(18)11-17/h2-4,11-12,16H,5-10H2,1H3. The Morgan fingerprint density at radius 2 is 2.18 bits per heavy atom. The van der Waals surface area contributed by atoms with Gasteiger partial charge in [-0.05, 0) is 31.9 Å². The maximum absolute atomic E-state index is 13.2. The van der Waals surface area contributed by atoms with Crippen LogP contribution in [0.15, 0.2) is 29.6 Å². The van der Waals surface area contributed by atoms with Gasteiger partial charge in [0.25, 0.3) is 0 Å². The molecule has 1 aliphatic rings. The zero-order valence-corrected chi connectivity index (χ0v) is 13.6. The third-order valence-electron chi connectivity index (χ3n) is 3.98. The highest BCUT2D eigenvalue weighted by Crippen LogP contribution is 2.20. The summed E-state index contributed by atoms with van der Waals surface area (Å²) in [7, 11) is 0. The highest BCUT2D eigenvalue weighted by molar-refractivity contribution is 7.09. The normalized spacial score (nSPS) is 16.8. The van der Waals surface area contributed by atoms with Crippen LogP contribution in [-0.4, -0.2) is 35.6 Å². The van der Waals surface area contributed by atoms with Crippen LogP contribution in [-0.2, 0) is 6.42 Å². The van der Waals surface area contributed by atoms with Crippen molar-refractivity contribution in [2.45, 2.75) is 32.3 Å². The second kappa shape index (κ2) is 7.20. The van der Waals surface area contributed by atoms with E-state index in [2.05, 4.69) is 15.3 Å². The van der Waals surface area contributed by atoms with Gasteiger partial charge in [-0.3, -0.25) is 0 Å². The first-order valence-corrected chi connectivity index (χ1v) is 8.62. The fourth-order valence-electron chi connectivity index (χ4n) is 2.78. The Balaban J connectivity index is 1.42. The summed E-state index contributed by atoms with van der Waals surface area (Å²) in [4.78, 5) is 6.96. The van der Waals surface area contributed by atoms with Gasteiger partial charge in [-0.15, -0.1) is 11.3 Å². The monoisotopic (exact) mass is 320 g/mol. The molecule has 1 aliphatic heterocycles. The second-order valence-electron chi connectivity index (χ2n) is 5.72. The first kappa shape index (κ1) is 15.4. The van der Waals surface area contributed by atoms with Crippen LogP contribution in [0.25, 0.3) is 0 Å². The smallest absolute Gasteiger partial charge is 0.126 e. The van der Waals surface area contributed by atoms with E-state index in [0.717, 1.165) is 43.9 Å². The maximum atomic E-state index is 13.2. The van der Waals surface area contributed by atoms with Crippen LogP contribution in [0.3, 0.4) is 0 Å². The summed E-state index contributed by atoms with van der Waals surface area (Å²) < 4.78 is 19.0.